The van der Waals surface area contributed by atoms with Gasteiger partial charge in [-0.1, -0.05) is 6.07 Å². The van der Waals surface area contributed by atoms with E-state index in [1.807, 2.05) is 0 Å². The van der Waals surface area contributed by atoms with Gasteiger partial charge in [-0.3, -0.25) is 18.2 Å². The molecule has 30 heteroatoms. The average Bonchev–Trinajstić information content (AvgIpc) is 3.09. The number of azo groups is 1. The molecule has 0 saturated heterocycles. The van der Waals surface area contributed by atoms with Crippen LogP contribution in [0.15, 0.2) is 90.5 Å². The molecule has 0 radical (unpaired) electrons. The number of hydrogen-bond donors (Lipinski definition) is 7. The maximum Gasteiger partial charge on any atom is 0.397 e. The molecule has 4 aromatic carbocycles. The highest BCUT2D eigenvalue weighted by Crippen LogP contribution is 2.46. The molecule has 58 heavy (non-hydrogen) atoms. The van der Waals surface area contributed by atoms with E-state index in [0.717, 1.165) is 30.3 Å². The van der Waals surface area contributed by atoms with Crippen LogP contribution in [0.5, 0.6) is 11.5 Å². The molecule has 0 unspecified atom stereocenters. The number of halogens is 1. The number of phenolic OH excluding ortho intramolecular Hbond substituents is 1. The van der Waals surface area contributed by atoms with Crippen LogP contribution >= 0.6 is 11.6 Å². The smallest absolute Gasteiger partial charge is 0.397 e. The minimum Gasteiger partial charge on any atom is -0.505 e. The Hall–Kier alpha value is -5.21. The number of nitrogens with one attached hydrogen (secondary N) is 2. The third kappa shape index (κ3) is 10.6. The number of nitrogens with zero attached hydrogens (tertiary/aromatic N) is 5. The Morgan fingerprint density at radius 3 is 1.98 bits per heavy atom. The predicted octanol–water partition coefficient (Wildman–Crippen LogP) is 3.63. The molecule has 0 amide bonds. The lowest BCUT2D eigenvalue weighted by Crippen LogP contribution is -2.15. The molecule has 1 aromatic heterocycles. The van der Waals surface area contributed by atoms with Gasteiger partial charge >= 0.3 is 10.4 Å². The lowest BCUT2D eigenvalue weighted by Gasteiger charge is -2.15. The molecule has 5 rings (SSSR count). The lowest BCUT2D eigenvalue weighted by molar-refractivity contribution is 0.284. The van der Waals surface area contributed by atoms with Gasteiger partial charge in [0, 0.05) is 17.1 Å². The number of aromatic hydroxyl groups is 1. The zero-order chi connectivity index (χ0) is 43.0. The standard InChI is InChI=1S/C28H24ClN7O17S5/c1-52-16-5-6-19(21(12-16)56(43,44)45)35-36-24-22(57(46,47)48)10-14-9-18(55(40,41)42)13-20(23(14)25(24)37)31-28-33-26(29)32-27(34-28)30-15-3-2-4-17(11-15)54(38,39)8-7-53-58(49,50)51/h2-6,9-13,37H,7-8H2,1H3,(H,40,41,42)(H,43,44,45)(H,46,47,48)(H,49,50,51)(H2,30,31,32,33,34). The van der Waals surface area contributed by atoms with E-state index in [1.165, 1.54) is 25.3 Å². The van der Waals surface area contributed by atoms with Crippen molar-refractivity contribution in [2.45, 2.75) is 19.6 Å². The molecule has 0 bridgehead atoms. The van der Waals surface area contributed by atoms with Crippen LogP contribution in [0, 0.1) is 0 Å². The van der Waals surface area contributed by atoms with E-state index < -0.39 is 122 Å². The first-order valence-electron chi connectivity index (χ1n) is 15.0. The highest BCUT2D eigenvalue weighted by molar-refractivity contribution is 7.91. The van der Waals surface area contributed by atoms with Crippen LogP contribution in [-0.4, -0.2) is 99.8 Å². The number of hydrogen-bond acceptors (Lipinski definition) is 20. The molecule has 0 fully saturated rings. The molecule has 0 spiro atoms. The van der Waals surface area contributed by atoms with E-state index in [-0.39, 0.29) is 22.3 Å². The number of rotatable bonds is 15. The summed E-state index contributed by atoms with van der Waals surface area (Å²) in [6.07, 6.45) is 0. The summed E-state index contributed by atoms with van der Waals surface area (Å²) in [5, 5.41) is 22.4. The van der Waals surface area contributed by atoms with Gasteiger partial charge in [-0.2, -0.15) is 48.6 Å². The Morgan fingerprint density at radius 1 is 0.724 bits per heavy atom. The van der Waals surface area contributed by atoms with Crippen LogP contribution in [-0.2, 0) is 54.8 Å². The summed E-state index contributed by atoms with van der Waals surface area (Å²) in [6, 6.07) is 9.98. The minimum absolute atomic E-state index is 0.0169. The largest absolute Gasteiger partial charge is 0.505 e. The fourth-order valence-corrected chi connectivity index (χ4v) is 8.39. The second kappa shape index (κ2) is 16.2. The number of aromatic nitrogens is 3. The van der Waals surface area contributed by atoms with Crippen molar-refractivity contribution in [3.63, 3.8) is 0 Å². The molecule has 0 aliphatic rings. The van der Waals surface area contributed by atoms with Crippen LogP contribution in [0.1, 0.15) is 0 Å². The fraction of sp³-hybridized carbons (Fsp3) is 0.107. The number of sulfone groups is 1. The summed E-state index contributed by atoms with van der Waals surface area (Å²) < 4.78 is 168. The summed E-state index contributed by atoms with van der Waals surface area (Å²) >= 11 is 6.10. The molecule has 5 aromatic rings. The van der Waals surface area contributed by atoms with Crippen LogP contribution in [0.2, 0.25) is 5.28 Å². The van der Waals surface area contributed by atoms with E-state index >= 15 is 0 Å². The van der Waals surface area contributed by atoms with Gasteiger partial charge in [0.15, 0.2) is 15.6 Å². The molecular weight excluding hydrogens is 902 g/mol. The second-order valence-electron chi connectivity index (χ2n) is 11.2. The summed E-state index contributed by atoms with van der Waals surface area (Å²) in [5.41, 5.74) is -2.12. The van der Waals surface area contributed by atoms with Gasteiger partial charge in [-0.15, -0.1) is 10.2 Å². The van der Waals surface area contributed by atoms with Gasteiger partial charge in [0.05, 0.1) is 34.9 Å². The average molecular weight is 926 g/mol. The van der Waals surface area contributed by atoms with Crippen molar-refractivity contribution in [1.29, 1.82) is 0 Å². The van der Waals surface area contributed by atoms with Crippen molar-refractivity contribution in [3.05, 3.63) is 65.9 Å². The maximum absolute atomic E-state index is 12.7. The Morgan fingerprint density at radius 2 is 1.38 bits per heavy atom. The van der Waals surface area contributed by atoms with Crippen LogP contribution < -0.4 is 15.4 Å². The fourth-order valence-electron chi connectivity index (χ4n) is 4.86. The number of fused-ring (bicyclic) bond motifs is 1. The molecule has 0 aliphatic heterocycles. The maximum atomic E-state index is 12.7. The van der Waals surface area contributed by atoms with Crippen molar-refractivity contribution in [2.24, 2.45) is 10.2 Å². The van der Waals surface area contributed by atoms with Crippen molar-refractivity contribution < 1.29 is 74.3 Å². The van der Waals surface area contributed by atoms with E-state index in [9.17, 15) is 60.9 Å². The number of anilines is 4. The van der Waals surface area contributed by atoms with E-state index in [2.05, 4.69) is 40.0 Å². The van der Waals surface area contributed by atoms with Crippen molar-refractivity contribution in [2.75, 3.05) is 30.1 Å². The van der Waals surface area contributed by atoms with Crippen LogP contribution in [0.4, 0.5) is 34.6 Å². The van der Waals surface area contributed by atoms with Gasteiger partial charge in [0.25, 0.3) is 30.4 Å². The first kappa shape index (κ1) is 43.9. The summed E-state index contributed by atoms with van der Waals surface area (Å²) in [4.78, 5) is 8.52. The van der Waals surface area contributed by atoms with E-state index in [4.69, 9.17) is 20.9 Å². The summed E-state index contributed by atoms with van der Waals surface area (Å²) in [6.45, 7) is -0.904. The van der Waals surface area contributed by atoms with Crippen molar-refractivity contribution >= 4 is 108 Å². The molecule has 24 nitrogen and oxygen atoms in total. The zero-order valence-electron chi connectivity index (χ0n) is 28.5. The Bertz CT molecular complexity index is 3080. The lowest BCUT2D eigenvalue weighted by atomic mass is 10.1. The summed E-state index contributed by atoms with van der Waals surface area (Å²) in [5.74, 6) is -2.96. The molecule has 7 N–H and O–H groups in total. The third-order valence-electron chi connectivity index (χ3n) is 7.29. The molecule has 310 valence electrons. The molecular formula is C28H24ClN7O17S5. The van der Waals surface area contributed by atoms with Crippen LogP contribution in [0.25, 0.3) is 10.8 Å². The summed E-state index contributed by atoms with van der Waals surface area (Å²) in [7, 11) is -23.4. The van der Waals surface area contributed by atoms with Gasteiger partial charge < -0.3 is 20.5 Å². The number of benzene rings is 4. The Kier molecular flexibility index (Phi) is 12.3. The van der Waals surface area contributed by atoms with Gasteiger partial charge in [-0.05, 0) is 65.5 Å². The molecule has 1 heterocycles. The second-order valence-corrected chi connectivity index (χ2v) is 18.9. The predicted molar refractivity (Wildman–Crippen MR) is 200 cm³/mol. The monoisotopic (exact) mass is 925 g/mol. The van der Waals surface area contributed by atoms with Crippen molar-refractivity contribution in [3.8, 4) is 11.5 Å². The highest BCUT2D eigenvalue weighted by Gasteiger charge is 2.27. The first-order chi connectivity index (χ1) is 26.7. The SMILES string of the molecule is COc1ccc(N=Nc2c(S(=O)(=O)O)cc3cc(S(=O)(=O)O)cc(Nc4nc(Cl)nc(Nc5cccc(S(=O)(=O)CCOS(=O)(=O)O)c5)n4)c3c2O)c(S(=O)(=O)O)c1. The van der Waals surface area contributed by atoms with Gasteiger partial charge in [-0.25, -0.2) is 12.6 Å². The number of ether oxygens (including phenoxy) is 1. The minimum atomic E-state index is -5.36. The van der Waals surface area contributed by atoms with E-state index in [1.54, 1.807) is 0 Å². The Labute approximate surface area is 332 Å². The molecule has 0 aliphatic carbocycles. The topological polar surface area (TPSA) is 378 Å². The van der Waals surface area contributed by atoms with E-state index in [0.29, 0.717) is 12.1 Å². The van der Waals surface area contributed by atoms with Crippen molar-refractivity contribution in [1.82, 2.24) is 15.0 Å². The Balaban J connectivity index is 1.62. The molecule has 0 saturated carbocycles. The quantitative estimate of drug-likeness (QED) is 0.0582. The highest BCUT2D eigenvalue weighted by atomic mass is 35.5. The van der Waals surface area contributed by atoms with Gasteiger partial charge in [0.1, 0.15) is 26.9 Å². The van der Waals surface area contributed by atoms with Gasteiger partial charge in [0.2, 0.25) is 17.2 Å². The number of phenols is 1. The van der Waals surface area contributed by atoms with Crippen LogP contribution in [0.3, 0.4) is 0 Å². The zero-order valence-corrected chi connectivity index (χ0v) is 33.3. The normalized spacial score (nSPS) is 12.9. The number of methoxy groups -OCH3 is 1. The first-order valence-corrected chi connectivity index (χ1v) is 22.7. The third-order valence-corrected chi connectivity index (χ3v) is 12.2. The molecule has 0 atom stereocenters.